The first-order valence-corrected chi connectivity index (χ1v) is 9.55. The molecule has 1 saturated heterocycles. The quantitative estimate of drug-likeness (QED) is 0.782. The van der Waals surface area contributed by atoms with Crippen LogP contribution in [0.3, 0.4) is 0 Å². The average molecular weight is 351 g/mol. The van der Waals surface area contributed by atoms with Crippen molar-refractivity contribution in [2.45, 2.75) is 45.6 Å². The maximum Gasteiger partial charge on any atom is 0.246 e. The van der Waals surface area contributed by atoms with Crippen LogP contribution in [0.2, 0.25) is 0 Å². The van der Waals surface area contributed by atoms with Crippen LogP contribution in [0.25, 0.3) is 0 Å². The second kappa shape index (κ2) is 8.26. The van der Waals surface area contributed by atoms with E-state index < -0.39 is 0 Å². The Hall–Kier alpha value is -2.49. The van der Waals surface area contributed by atoms with Crippen LogP contribution < -0.4 is 15.5 Å². The summed E-state index contributed by atoms with van der Waals surface area (Å²) in [5.41, 5.74) is 4.32. The first-order valence-electron chi connectivity index (χ1n) is 9.55. The third-order valence-corrected chi connectivity index (χ3v) is 4.96. The van der Waals surface area contributed by atoms with E-state index in [1.54, 1.807) is 0 Å². The molecule has 1 aliphatic rings. The number of hydrogen-bond donors (Lipinski definition) is 2. The molecule has 0 unspecified atom stereocenters. The van der Waals surface area contributed by atoms with E-state index in [2.05, 4.69) is 65.8 Å². The molecule has 1 amide bonds. The molecule has 0 saturated carbocycles. The molecule has 138 valence electrons. The summed E-state index contributed by atoms with van der Waals surface area (Å²) >= 11 is 0. The lowest BCUT2D eigenvalue weighted by atomic mass is 10.0. The van der Waals surface area contributed by atoms with Crippen LogP contribution in [-0.2, 0) is 4.79 Å². The molecule has 1 aliphatic heterocycles. The fourth-order valence-electron chi connectivity index (χ4n) is 3.26. The number of carbonyl (C=O) groups is 1. The second-order valence-electron chi connectivity index (χ2n) is 7.37. The lowest BCUT2D eigenvalue weighted by Gasteiger charge is -2.19. The normalized spacial score (nSPS) is 15.2. The Morgan fingerprint density at radius 2 is 1.46 bits per heavy atom. The van der Waals surface area contributed by atoms with E-state index >= 15 is 0 Å². The van der Waals surface area contributed by atoms with Gasteiger partial charge in [-0.3, -0.25) is 4.79 Å². The van der Waals surface area contributed by atoms with Gasteiger partial charge in [0.2, 0.25) is 5.91 Å². The molecule has 0 aromatic heterocycles. The standard InChI is InChI=1S/C22H29N3O/c1-16(2)18-6-8-20(9-7-18)24-22(26)17(3)23-19-10-12-21(13-11-19)25-14-4-5-15-25/h6-13,16-17,23H,4-5,14-15H2,1-3H3,(H,24,26)/t17-/m1/s1. The van der Waals surface area contributed by atoms with Crippen LogP contribution in [0, 0.1) is 0 Å². The minimum absolute atomic E-state index is 0.0362. The van der Waals surface area contributed by atoms with Gasteiger partial charge in [0.05, 0.1) is 0 Å². The minimum Gasteiger partial charge on any atom is -0.374 e. The van der Waals surface area contributed by atoms with Gasteiger partial charge in [-0.1, -0.05) is 26.0 Å². The SMILES string of the molecule is CC(C)c1ccc(NC(=O)[C@@H](C)Nc2ccc(N3CCCC3)cc2)cc1. The van der Waals surface area contributed by atoms with Crippen molar-refractivity contribution in [2.75, 3.05) is 28.6 Å². The third kappa shape index (κ3) is 4.57. The van der Waals surface area contributed by atoms with Crippen molar-refractivity contribution >= 4 is 23.0 Å². The summed E-state index contributed by atoms with van der Waals surface area (Å²) in [7, 11) is 0. The number of anilines is 3. The highest BCUT2D eigenvalue weighted by molar-refractivity contribution is 5.96. The molecular formula is C22H29N3O. The smallest absolute Gasteiger partial charge is 0.246 e. The Bertz CT molecular complexity index is 716. The van der Waals surface area contributed by atoms with Gasteiger partial charge in [0.1, 0.15) is 6.04 Å². The van der Waals surface area contributed by atoms with Crippen molar-refractivity contribution in [2.24, 2.45) is 0 Å². The van der Waals surface area contributed by atoms with E-state index in [1.165, 1.54) is 24.1 Å². The zero-order chi connectivity index (χ0) is 18.5. The van der Waals surface area contributed by atoms with Gasteiger partial charge in [-0.05, 0) is 67.6 Å². The van der Waals surface area contributed by atoms with Crippen LogP contribution in [0.15, 0.2) is 48.5 Å². The lowest BCUT2D eigenvalue weighted by Crippen LogP contribution is -2.31. The molecule has 4 nitrogen and oxygen atoms in total. The third-order valence-electron chi connectivity index (χ3n) is 4.96. The Labute approximate surface area is 156 Å². The predicted octanol–water partition coefficient (Wildman–Crippen LogP) is 4.85. The summed E-state index contributed by atoms with van der Waals surface area (Å²) in [6.07, 6.45) is 2.55. The summed E-state index contributed by atoms with van der Waals surface area (Å²) in [6, 6.07) is 16.1. The van der Waals surface area contributed by atoms with Crippen LogP contribution in [0.4, 0.5) is 17.1 Å². The van der Waals surface area contributed by atoms with Gasteiger partial charge in [-0.15, -0.1) is 0 Å². The summed E-state index contributed by atoms with van der Waals surface area (Å²) < 4.78 is 0. The lowest BCUT2D eigenvalue weighted by molar-refractivity contribution is -0.116. The zero-order valence-corrected chi connectivity index (χ0v) is 16.0. The zero-order valence-electron chi connectivity index (χ0n) is 16.0. The van der Waals surface area contributed by atoms with Crippen molar-refractivity contribution in [1.29, 1.82) is 0 Å². The van der Waals surface area contributed by atoms with Crippen molar-refractivity contribution in [3.63, 3.8) is 0 Å². The van der Waals surface area contributed by atoms with E-state index in [9.17, 15) is 4.79 Å². The number of amides is 1. The molecular weight excluding hydrogens is 322 g/mol. The molecule has 0 bridgehead atoms. The van der Waals surface area contributed by atoms with E-state index in [0.717, 1.165) is 24.5 Å². The van der Waals surface area contributed by atoms with Crippen LogP contribution in [0.5, 0.6) is 0 Å². The molecule has 0 radical (unpaired) electrons. The fraction of sp³-hybridized carbons (Fsp3) is 0.409. The van der Waals surface area contributed by atoms with Crippen molar-refractivity contribution in [1.82, 2.24) is 0 Å². The molecule has 0 spiro atoms. The van der Waals surface area contributed by atoms with E-state index in [4.69, 9.17) is 0 Å². The van der Waals surface area contributed by atoms with Gasteiger partial charge in [0, 0.05) is 30.2 Å². The van der Waals surface area contributed by atoms with Gasteiger partial charge in [-0.25, -0.2) is 0 Å². The first-order chi connectivity index (χ1) is 12.5. The molecule has 3 rings (SSSR count). The maximum absolute atomic E-state index is 12.4. The Kier molecular flexibility index (Phi) is 5.82. The highest BCUT2D eigenvalue weighted by Crippen LogP contribution is 2.22. The summed E-state index contributed by atoms with van der Waals surface area (Å²) in [4.78, 5) is 14.8. The van der Waals surface area contributed by atoms with Gasteiger partial charge in [-0.2, -0.15) is 0 Å². The fourth-order valence-corrected chi connectivity index (χ4v) is 3.26. The maximum atomic E-state index is 12.4. The number of hydrogen-bond acceptors (Lipinski definition) is 3. The molecule has 2 aromatic rings. The predicted molar refractivity (Wildman–Crippen MR) is 110 cm³/mol. The summed E-state index contributed by atoms with van der Waals surface area (Å²) in [5.74, 6) is 0.454. The monoisotopic (exact) mass is 351 g/mol. The summed E-state index contributed by atoms with van der Waals surface area (Å²) in [6.45, 7) is 8.48. The molecule has 1 atom stereocenters. The summed E-state index contributed by atoms with van der Waals surface area (Å²) in [5, 5.41) is 6.25. The average Bonchev–Trinajstić information content (AvgIpc) is 3.17. The number of nitrogens with one attached hydrogen (secondary N) is 2. The number of carbonyl (C=O) groups excluding carboxylic acids is 1. The van der Waals surface area contributed by atoms with Gasteiger partial charge in [0.25, 0.3) is 0 Å². The number of benzene rings is 2. The Morgan fingerprint density at radius 3 is 2.04 bits per heavy atom. The second-order valence-corrected chi connectivity index (χ2v) is 7.37. The van der Waals surface area contributed by atoms with Crippen molar-refractivity contribution < 1.29 is 4.79 Å². The molecule has 1 fully saturated rings. The minimum atomic E-state index is -0.308. The van der Waals surface area contributed by atoms with Crippen LogP contribution in [-0.4, -0.2) is 25.0 Å². The Balaban J connectivity index is 1.55. The van der Waals surface area contributed by atoms with E-state index in [1.807, 2.05) is 19.1 Å². The van der Waals surface area contributed by atoms with Gasteiger partial charge >= 0.3 is 0 Å². The molecule has 2 aromatic carbocycles. The van der Waals surface area contributed by atoms with Crippen LogP contribution >= 0.6 is 0 Å². The molecule has 0 aliphatic carbocycles. The van der Waals surface area contributed by atoms with Crippen molar-refractivity contribution in [3.8, 4) is 0 Å². The largest absolute Gasteiger partial charge is 0.374 e. The molecule has 2 N–H and O–H groups in total. The topological polar surface area (TPSA) is 44.4 Å². The first kappa shape index (κ1) is 18.3. The molecule has 4 heteroatoms. The highest BCUT2D eigenvalue weighted by Gasteiger charge is 2.14. The van der Waals surface area contributed by atoms with Gasteiger partial charge < -0.3 is 15.5 Å². The van der Waals surface area contributed by atoms with Crippen LogP contribution in [0.1, 0.15) is 45.1 Å². The Morgan fingerprint density at radius 1 is 0.885 bits per heavy atom. The number of rotatable bonds is 6. The van der Waals surface area contributed by atoms with E-state index in [-0.39, 0.29) is 11.9 Å². The highest BCUT2D eigenvalue weighted by atomic mass is 16.2. The molecule has 26 heavy (non-hydrogen) atoms. The number of nitrogens with zero attached hydrogens (tertiary/aromatic N) is 1. The van der Waals surface area contributed by atoms with Crippen molar-refractivity contribution in [3.05, 3.63) is 54.1 Å². The van der Waals surface area contributed by atoms with Gasteiger partial charge in [0.15, 0.2) is 0 Å². The molecule has 1 heterocycles. The van der Waals surface area contributed by atoms with E-state index in [0.29, 0.717) is 5.92 Å².